The Balaban J connectivity index is 2.30. The Morgan fingerprint density at radius 2 is 2.11 bits per heavy atom. The van der Waals surface area contributed by atoms with E-state index in [1.807, 2.05) is 6.07 Å². The first kappa shape index (κ1) is 15.9. The van der Waals surface area contributed by atoms with E-state index in [-0.39, 0.29) is 5.82 Å². The molecule has 0 fully saturated rings. The van der Waals surface area contributed by atoms with E-state index in [0.717, 1.165) is 19.5 Å². The smallest absolute Gasteiger partial charge is 0.169 e. The molecule has 19 heavy (non-hydrogen) atoms. The summed E-state index contributed by atoms with van der Waals surface area (Å²) >= 11 is 0. The highest BCUT2D eigenvalue weighted by molar-refractivity contribution is 5.30. The van der Waals surface area contributed by atoms with Gasteiger partial charge in [-0.2, -0.15) is 0 Å². The van der Waals surface area contributed by atoms with Crippen molar-refractivity contribution in [3.8, 4) is 5.75 Å². The van der Waals surface area contributed by atoms with E-state index in [4.69, 9.17) is 4.74 Å². The Morgan fingerprint density at radius 1 is 1.37 bits per heavy atom. The molecular weight excluding hydrogens is 243 g/mol. The predicted molar refractivity (Wildman–Crippen MR) is 77.0 cm³/mol. The average molecular weight is 268 g/mol. The normalized spacial score (nSPS) is 11.3. The third-order valence-electron chi connectivity index (χ3n) is 3.32. The van der Waals surface area contributed by atoms with Gasteiger partial charge in [-0.3, -0.25) is 0 Å². The third kappa shape index (κ3) is 5.17. The number of hydrogen-bond donors (Lipinski definition) is 1. The molecule has 0 aliphatic carbocycles. The van der Waals surface area contributed by atoms with Gasteiger partial charge in [-0.15, -0.1) is 0 Å². The first-order valence-corrected chi connectivity index (χ1v) is 6.78. The molecule has 4 heteroatoms. The van der Waals surface area contributed by atoms with E-state index in [1.165, 1.54) is 7.11 Å². The van der Waals surface area contributed by atoms with E-state index in [0.29, 0.717) is 23.9 Å². The standard InChI is InChI=1S/C15H25FN2O/c1-12(2)18(3)10-6-9-17-11-13-7-5-8-14(19-4)15(13)16/h5,7-8,12,17H,6,9-11H2,1-4H3. The summed E-state index contributed by atoms with van der Waals surface area (Å²) in [5.41, 5.74) is 0.650. The number of rotatable bonds is 8. The van der Waals surface area contributed by atoms with Gasteiger partial charge in [0.15, 0.2) is 11.6 Å². The number of nitrogens with zero attached hydrogens (tertiary/aromatic N) is 1. The van der Waals surface area contributed by atoms with Crippen LogP contribution >= 0.6 is 0 Å². The fourth-order valence-electron chi connectivity index (χ4n) is 1.79. The molecule has 0 radical (unpaired) electrons. The molecule has 0 aromatic heterocycles. The van der Waals surface area contributed by atoms with Crippen LogP contribution in [0.15, 0.2) is 18.2 Å². The van der Waals surface area contributed by atoms with E-state index >= 15 is 0 Å². The minimum Gasteiger partial charge on any atom is -0.494 e. The zero-order chi connectivity index (χ0) is 14.3. The maximum atomic E-state index is 13.8. The molecule has 1 aromatic rings. The number of ether oxygens (including phenoxy) is 1. The third-order valence-corrected chi connectivity index (χ3v) is 3.32. The molecule has 108 valence electrons. The number of methoxy groups -OCH3 is 1. The summed E-state index contributed by atoms with van der Waals surface area (Å²) in [6.45, 7) is 6.82. The molecule has 0 heterocycles. The van der Waals surface area contributed by atoms with Crippen molar-refractivity contribution in [2.24, 2.45) is 0 Å². The van der Waals surface area contributed by atoms with Gasteiger partial charge in [-0.1, -0.05) is 12.1 Å². The van der Waals surface area contributed by atoms with E-state index < -0.39 is 0 Å². The van der Waals surface area contributed by atoms with Crippen LogP contribution in [0.4, 0.5) is 4.39 Å². The molecule has 0 bridgehead atoms. The molecule has 3 nitrogen and oxygen atoms in total. The zero-order valence-electron chi connectivity index (χ0n) is 12.4. The van der Waals surface area contributed by atoms with Crippen molar-refractivity contribution in [2.45, 2.75) is 32.9 Å². The highest BCUT2D eigenvalue weighted by atomic mass is 19.1. The number of hydrogen-bond acceptors (Lipinski definition) is 3. The first-order chi connectivity index (χ1) is 9.06. The van der Waals surface area contributed by atoms with Gasteiger partial charge in [-0.05, 0) is 46.5 Å². The predicted octanol–water partition coefficient (Wildman–Crippen LogP) is 2.65. The number of halogens is 1. The molecule has 1 N–H and O–H groups in total. The maximum absolute atomic E-state index is 13.8. The summed E-state index contributed by atoms with van der Waals surface area (Å²) in [4.78, 5) is 2.30. The SMILES string of the molecule is COc1cccc(CNCCCN(C)C(C)C)c1F. The average Bonchev–Trinajstić information content (AvgIpc) is 2.39. The van der Waals surface area contributed by atoms with Crippen LogP contribution in [0.3, 0.4) is 0 Å². The Kier molecular flexibility index (Phi) is 6.81. The number of benzene rings is 1. The lowest BCUT2D eigenvalue weighted by molar-refractivity contribution is 0.269. The van der Waals surface area contributed by atoms with Crippen molar-refractivity contribution in [2.75, 3.05) is 27.2 Å². The summed E-state index contributed by atoms with van der Waals surface area (Å²) in [6, 6.07) is 5.79. The van der Waals surface area contributed by atoms with Gasteiger partial charge in [0.05, 0.1) is 7.11 Å². The molecule has 0 unspecified atom stereocenters. The second-order valence-corrected chi connectivity index (χ2v) is 5.04. The summed E-state index contributed by atoms with van der Waals surface area (Å²) < 4.78 is 18.8. The topological polar surface area (TPSA) is 24.5 Å². The molecule has 0 spiro atoms. The van der Waals surface area contributed by atoms with Crippen molar-refractivity contribution in [3.05, 3.63) is 29.6 Å². The second kappa shape index (κ2) is 8.12. The van der Waals surface area contributed by atoms with E-state index in [1.54, 1.807) is 12.1 Å². The van der Waals surface area contributed by atoms with Crippen LogP contribution in [0.2, 0.25) is 0 Å². The van der Waals surface area contributed by atoms with Crippen LogP contribution in [0, 0.1) is 5.82 Å². The van der Waals surface area contributed by atoms with Gasteiger partial charge >= 0.3 is 0 Å². The minimum atomic E-state index is -0.267. The highest BCUT2D eigenvalue weighted by Gasteiger charge is 2.07. The lowest BCUT2D eigenvalue weighted by Gasteiger charge is -2.20. The molecule has 0 saturated heterocycles. The van der Waals surface area contributed by atoms with Crippen molar-refractivity contribution in [3.63, 3.8) is 0 Å². The van der Waals surface area contributed by atoms with Crippen molar-refractivity contribution in [1.29, 1.82) is 0 Å². The van der Waals surface area contributed by atoms with E-state index in [9.17, 15) is 4.39 Å². The fraction of sp³-hybridized carbons (Fsp3) is 0.600. The molecule has 0 atom stereocenters. The first-order valence-electron chi connectivity index (χ1n) is 6.78. The van der Waals surface area contributed by atoms with Crippen LogP contribution in [0.5, 0.6) is 5.75 Å². The van der Waals surface area contributed by atoms with Crippen LogP contribution in [0.25, 0.3) is 0 Å². The maximum Gasteiger partial charge on any atom is 0.169 e. The largest absolute Gasteiger partial charge is 0.494 e. The summed E-state index contributed by atoms with van der Waals surface area (Å²) in [6.07, 6.45) is 1.06. The van der Waals surface area contributed by atoms with Gasteiger partial charge in [-0.25, -0.2) is 4.39 Å². The van der Waals surface area contributed by atoms with Crippen molar-refractivity contribution < 1.29 is 9.13 Å². The second-order valence-electron chi connectivity index (χ2n) is 5.04. The zero-order valence-corrected chi connectivity index (χ0v) is 12.4. The Morgan fingerprint density at radius 3 is 2.74 bits per heavy atom. The lowest BCUT2D eigenvalue weighted by Crippen LogP contribution is -2.29. The quantitative estimate of drug-likeness (QED) is 0.734. The van der Waals surface area contributed by atoms with Gasteiger partial charge in [0.2, 0.25) is 0 Å². The molecule has 0 saturated carbocycles. The molecule has 0 amide bonds. The van der Waals surface area contributed by atoms with E-state index in [2.05, 4.69) is 31.1 Å². The van der Waals surface area contributed by atoms with Crippen LogP contribution < -0.4 is 10.1 Å². The molecule has 0 aliphatic heterocycles. The lowest BCUT2D eigenvalue weighted by atomic mass is 10.2. The Bertz CT molecular complexity index is 382. The summed E-state index contributed by atoms with van der Waals surface area (Å²) in [5.74, 6) is 0.0376. The van der Waals surface area contributed by atoms with Crippen LogP contribution in [-0.2, 0) is 6.54 Å². The van der Waals surface area contributed by atoms with Crippen molar-refractivity contribution >= 4 is 0 Å². The van der Waals surface area contributed by atoms with Crippen molar-refractivity contribution in [1.82, 2.24) is 10.2 Å². The van der Waals surface area contributed by atoms with Gasteiger partial charge in [0.25, 0.3) is 0 Å². The Labute approximate surface area is 115 Å². The van der Waals surface area contributed by atoms with Gasteiger partial charge in [0.1, 0.15) is 0 Å². The Hall–Kier alpha value is -1.13. The highest BCUT2D eigenvalue weighted by Crippen LogP contribution is 2.19. The molecule has 1 aromatic carbocycles. The van der Waals surface area contributed by atoms with Gasteiger partial charge < -0.3 is 15.0 Å². The molecule has 1 rings (SSSR count). The number of nitrogens with one attached hydrogen (secondary N) is 1. The molecular formula is C15H25FN2O. The fourth-order valence-corrected chi connectivity index (χ4v) is 1.79. The monoisotopic (exact) mass is 268 g/mol. The minimum absolute atomic E-state index is 0.267. The summed E-state index contributed by atoms with van der Waals surface area (Å²) in [7, 11) is 3.60. The molecule has 0 aliphatic rings. The van der Waals surface area contributed by atoms with Gasteiger partial charge in [0, 0.05) is 18.2 Å². The van der Waals surface area contributed by atoms with Crippen LogP contribution in [-0.4, -0.2) is 38.2 Å². The summed E-state index contributed by atoms with van der Waals surface area (Å²) in [5, 5.41) is 3.27. The van der Waals surface area contributed by atoms with Crippen LogP contribution in [0.1, 0.15) is 25.8 Å².